The highest BCUT2D eigenvalue weighted by molar-refractivity contribution is 6.33. The molecular weight excluding hydrogens is 208 g/mol. The lowest BCUT2D eigenvalue weighted by Crippen LogP contribution is -1.92. The van der Waals surface area contributed by atoms with Crippen LogP contribution in [-0.4, -0.2) is 9.78 Å². The van der Waals surface area contributed by atoms with Crippen molar-refractivity contribution in [2.45, 2.75) is 13.8 Å². The summed E-state index contributed by atoms with van der Waals surface area (Å²) in [5.74, 6) is 0. The normalized spacial score (nSPS) is 10.7. The minimum Gasteiger partial charge on any atom is -0.271 e. The Kier molecular flexibility index (Phi) is 2.53. The molecule has 3 heteroatoms. The molecule has 1 aromatic carbocycles. The van der Waals surface area contributed by atoms with Crippen LogP contribution < -0.4 is 0 Å². The first-order valence-corrected chi connectivity index (χ1v) is 5.23. The van der Waals surface area contributed by atoms with Gasteiger partial charge in [-0.3, -0.25) is 4.68 Å². The Morgan fingerprint density at radius 2 is 1.73 bits per heavy atom. The molecule has 2 aromatic rings. The quantitative estimate of drug-likeness (QED) is 0.721. The Hall–Kier alpha value is -1.28. The molecule has 0 aliphatic rings. The van der Waals surface area contributed by atoms with E-state index in [0.717, 1.165) is 22.0 Å². The van der Waals surface area contributed by atoms with Gasteiger partial charge in [0.1, 0.15) is 5.69 Å². The van der Waals surface area contributed by atoms with Crippen LogP contribution in [0.25, 0.3) is 11.3 Å². The number of aryl methyl sites for hydroxylation is 2. The third-order valence-electron chi connectivity index (χ3n) is 2.59. The molecule has 0 amide bonds. The molecule has 0 bridgehead atoms. The van der Waals surface area contributed by atoms with Gasteiger partial charge in [0.2, 0.25) is 0 Å². The maximum absolute atomic E-state index is 6.21. The summed E-state index contributed by atoms with van der Waals surface area (Å²) in [5, 5.41) is 5.13. The van der Waals surface area contributed by atoms with Crippen LogP contribution in [0.15, 0.2) is 24.3 Å². The van der Waals surface area contributed by atoms with Crippen molar-refractivity contribution in [2.24, 2.45) is 7.05 Å². The molecule has 0 fully saturated rings. The van der Waals surface area contributed by atoms with E-state index in [2.05, 4.69) is 24.2 Å². The average Bonchev–Trinajstić information content (AvgIpc) is 2.47. The van der Waals surface area contributed by atoms with Gasteiger partial charge in [0.15, 0.2) is 0 Å². The van der Waals surface area contributed by atoms with Crippen molar-refractivity contribution in [3.63, 3.8) is 0 Å². The predicted molar refractivity (Wildman–Crippen MR) is 63.1 cm³/mol. The van der Waals surface area contributed by atoms with Crippen molar-refractivity contribution in [1.82, 2.24) is 9.78 Å². The van der Waals surface area contributed by atoms with E-state index in [1.165, 1.54) is 5.56 Å². The van der Waals surface area contributed by atoms with E-state index in [4.69, 9.17) is 11.6 Å². The smallest absolute Gasteiger partial charge is 0.111 e. The van der Waals surface area contributed by atoms with Crippen molar-refractivity contribution >= 4 is 11.6 Å². The van der Waals surface area contributed by atoms with Crippen LogP contribution in [0.3, 0.4) is 0 Å². The fourth-order valence-corrected chi connectivity index (χ4v) is 1.75. The van der Waals surface area contributed by atoms with Crippen LogP contribution in [0.2, 0.25) is 5.02 Å². The molecule has 0 saturated heterocycles. The summed E-state index contributed by atoms with van der Waals surface area (Å²) in [6.45, 7) is 4.03. The zero-order chi connectivity index (χ0) is 11.0. The standard InChI is InChI=1S/C12H13ClN2/c1-8-4-6-10(7-5-8)12-11(13)9(2)15(3)14-12/h4-7H,1-3H3. The SMILES string of the molecule is Cc1ccc(-c2nn(C)c(C)c2Cl)cc1. The molecule has 0 atom stereocenters. The third kappa shape index (κ3) is 1.77. The average molecular weight is 221 g/mol. The second-order valence-corrected chi connectivity index (χ2v) is 4.12. The summed E-state index contributed by atoms with van der Waals surface area (Å²) in [4.78, 5) is 0. The summed E-state index contributed by atoms with van der Waals surface area (Å²) >= 11 is 6.21. The van der Waals surface area contributed by atoms with Crippen molar-refractivity contribution in [2.75, 3.05) is 0 Å². The molecule has 0 aliphatic carbocycles. The Bertz CT molecular complexity index is 483. The summed E-state index contributed by atoms with van der Waals surface area (Å²) in [5.41, 5.74) is 4.15. The van der Waals surface area contributed by atoms with Crippen LogP contribution in [0.4, 0.5) is 0 Å². The molecule has 0 saturated carbocycles. The summed E-state index contributed by atoms with van der Waals surface area (Å²) < 4.78 is 1.80. The number of hydrogen-bond donors (Lipinski definition) is 0. The van der Waals surface area contributed by atoms with Crippen molar-refractivity contribution < 1.29 is 0 Å². The molecule has 15 heavy (non-hydrogen) atoms. The monoisotopic (exact) mass is 220 g/mol. The largest absolute Gasteiger partial charge is 0.271 e. The fourth-order valence-electron chi connectivity index (χ4n) is 1.48. The molecule has 0 unspecified atom stereocenters. The van der Waals surface area contributed by atoms with Gasteiger partial charge in [-0.1, -0.05) is 41.4 Å². The summed E-state index contributed by atoms with van der Waals surface area (Å²) in [6.07, 6.45) is 0. The molecule has 0 N–H and O–H groups in total. The number of rotatable bonds is 1. The minimum atomic E-state index is 0.737. The van der Waals surface area contributed by atoms with E-state index in [1.807, 2.05) is 26.1 Å². The first kappa shape index (κ1) is 10.2. The van der Waals surface area contributed by atoms with Gasteiger partial charge in [0.25, 0.3) is 0 Å². The second-order valence-electron chi connectivity index (χ2n) is 3.74. The Morgan fingerprint density at radius 1 is 1.13 bits per heavy atom. The topological polar surface area (TPSA) is 17.8 Å². The molecule has 78 valence electrons. The fraction of sp³-hybridized carbons (Fsp3) is 0.250. The molecule has 2 rings (SSSR count). The first-order chi connectivity index (χ1) is 7.09. The minimum absolute atomic E-state index is 0.737. The number of benzene rings is 1. The second kappa shape index (κ2) is 3.70. The lowest BCUT2D eigenvalue weighted by atomic mass is 10.1. The molecular formula is C12H13ClN2. The van der Waals surface area contributed by atoms with Gasteiger partial charge in [-0.15, -0.1) is 0 Å². The van der Waals surface area contributed by atoms with E-state index < -0.39 is 0 Å². The van der Waals surface area contributed by atoms with E-state index in [9.17, 15) is 0 Å². The zero-order valence-electron chi connectivity index (χ0n) is 9.08. The number of halogens is 1. The Morgan fingerprint density at radius 3 is 2.20 bits per heavy atom. The zero-order valence-corrected chi connectivity index (χ0v) is 9.84. The van der Waals surface area contributed by atoms with Gasteiger partial charge in [-0.25, -0.2) is 0 Å². The molecule has 2 nitrogen and oxygen atoms in total. The van der Waals surface area contributed by atoms with Crippen LogP contribution >= 0.6 is 11.6 Å². The summed E-state index contributed by atoms with van der Waals surface area (Å²) in [7, 11) is 1.90. The van der Waals surface area contributed by atoms with E-state index in [0.29, 0.717) is 0 Å². The number of hydrogen-bond acceptors (Lipinski definition) is 1. The van der Waals surface area contributed by atoms with E-state index in [1.54, 1.807) is 4.68 Å². The highest BCUT2D eigenvalue weighted by atomic mass is 35.5. The Labute approximate surface area is 94.5 Å². The van der Waals surface area contributed by atoms with Gasteiger partial charge < -0.3 is 0 Å². The first-order valence-electron chi connectivity index (χ1n) is 4.85. The van der Waals surface area contributed by atoms with Crippen LogP contribution in [0.1, 0.15) is 11.3 Å². The van der Waals surface area contributed by atoms with Crippen LogP contribution in [-0.2, 0) is 7.05 Å². The predicted octanol–water partition coefficient (Wildman–Crippen LogP) is 3.36. The van der Waals surface area contributed by atoms with Gasteiger partial charge in [-0.05, 0) is 13.8 Å². The molecule has 0 aliphatic heterocycles. The van der Waals surface area contributed by atoms with Gasteiger partial charge in [-0.2, -0.15) is 5.10 Å². The maximum atomic E-state index is 6.21. The van der Waals surface area contributed by atoms with E-state index in [-0.39, 0.29) is 0 Å². The highest BCUT2D eigenvalue weighted by Gasteiger charge is 2.11. The van der Waals surface area contributed by atoms with Gasteiger partial charge >= 0.3 is 0 Å². The Balaban J connectivity index is 2.54. The van der Waals surface area contributed by atoms with Gasteiger partial charge in [0, 0.05) is 12.6 Å². The summed E-state index contributed by atoms with van der Waals surface area (Å²) in [6, 6.07) is 8.22. The molecule has 1 heterocycles. The maximum Gasteiger partial charge on any atom is 0.111 e. The molecule has 0 spiro atoms. The lowest BCUT2D eigenvalue weighted by Gasteiger charge is -1.98. The van der Waals surface area contributed by atoms with Crippen LogP contribution in [0, 0.1) is 13.8 Å². The highest BCUT2D eigenvalue weighted by Crippen LogP contribution is 2.29. The van der Waals surface area contributed by atoms with E-state index >= 15 is 0 Å². The van der Waals surface area contributed by atoms with Crippen molar-refractivity contribution in [1.29, 1.82) is 0 Å². The van der Waals surface area contributed by atoms with Crippen molar-refractivity contribution in [3.05, 3.63) is 40.5 Å². The molecule has 1 aromatic heterocycles. The van der Waals surface area contributed by atoms with Gasteiger partial charge in [0.05, 0.1) is 10.7 Å². The van der Waals surface area contributed by atoms with Crippen LogP contribution in [0.5, 0.6) is 0 Å². The lowest BCUT2D eigenvalue weighted by molar-refractivity contribution is 0.743. The number of aromatic nitrogens is 2. The third-order valence-corrected chi connectivity index (χ3v) is 3.04. The van der Waals surface area contributed by atoms with Crippen molar-refractivity contribution in [3.8, 4) is 11.3 Å². The number of nitrogens with zero attached hydrogens (tertiary/aromatic N) is 2. The molecule has 0 radical (unpaired) electrons.